The second-order valence-electron chi connectivity index (χ2n) is 2.57. The van der Waals surface area contributed by atoms with Gasteiger partial charge in [0.25, 0.3) is 0 Å². The van der Waals surface area contributed by atoms with Crippen LogP contribution >= 0.6 is 0 Å². The first-order valence-corrected chi connectivity index (χ1v) is 3.80. The molecule has 0 aliphatic carbocycles. The zero-order valence-corrected chi connectivity index (χ0v) is 6.57. The van der Waals surface area contributed by atoms with Gasteiger partial charge in [0, 0.05) is 12.0 Å². The largest absolute Gasteiger partial charge is 0.337 e. The molecule has 2 heteroatoms. The SMILES string of the molecule is C=C[CH]C1OOc2ccccc21. The van der Waals surface area contributed by atoms with Gasteiger partial charge in [-0.2, -0.15) is 4.89 Å². The molecule has 0 N–H and O–H groups in total. The van der Waals surface area contributed by atoms with Crippen LogP contribution in [0.2, 0.25) is 0 Å². The summed E-state index contributed by atoms with van der Waals surface area (Å²) in [4.78, 5) is 10.0. The van der Waals surface area contributed by atoms with Crippen LogP contribution in [0.1, 0.15) is 11.7 Å². The minimum absolute atomic E-state index is 0.0984. The van der Waals surface area contributed by atoms with Gasteiger partial charge < -0.3 is 4.89 Å². The van der Waals surface area contributed by atoms with Crippen LogP contribution in [0.3, 0.4) is 0 Å². The number of benzene rings is 1. The van der Waals surface area contributed by atoms with Crippen molar-refractivity contribution in [3.05, 3.63) is 48.9 Å². The van der Waals surface area contributed by atoms with Crippen LogP contribution in [0.4, 0.5) is 0 Å². The second-order valence-corrected chi connectivity index (χ2v) is 2.57. The average Bonchev–Trinajstić information content (AvgIpc) is 2.50. The fourth-order valence-corrected chi connectivity index (χ4v) is 1.21. The molecule has 1 aromatic carbocycles. The fraction of sp³-hybridized carbons (Fsp3) is 0.100. The van der Waals surface area contributed by atoms with E-state index in [1.54, 1.807) is 6.08 Å². The maximum Gasteiger partial charge on any atom is 0.171 e. The molecule has 1 aliphatic rings. The van der Waals surface area contributed by atoms with Crippen LogP contribution < -0.4 is 4.89 Å². The number of hydrogen-bond donors (Lipinski definition) is 0. The third kappa shape index (κ3) is 1.10. The van der Waals surface area contributed by atoms with Gasteiger partial charge in [-0.15, -0.1) is 6.58 Å². The normalized spacial score (nSPS) is 19.8. The van der Waals surface area contributed by atoms with Gasteiger partial charge in [0.2, 0.25) is 0 Å². The zero-order valence-electron chi connectivity index (χ0n) is 6.57. The Morgan fingerprint density at radius 2 is 2.17 bits per heavy atom. The van der Waals surface area contributed by atoms with E-state index in [1.165, 1.54) is 0 Å². The molecule has 1 radical (unpaired) electrons. The minimum atomic E-state index is -0.0984. The molecule has 12 heavy (non-hydrogen) atoms. The summed E-state index contributed by atoms with van der Waals surface area (Å²) in [6.45, 7) is 3.61. The summed E-state index contributed by atoms with van der Waals surface area (Å²) < 4.78 is 0. The fourth-order valence-electron chi connectivity index (χ4n) is 1.21. The maximum atomic E-state index is 5.04. The summed E-state index contributed by atoms with van der Waals surface area (Å²) in [7, 11) is 0. The molecule has 1 unspecified atom stereocenters. The lowest BCUT2D eigenvalue weighted by Gasteiger charge is -2.01. The Kier molecular flexibility index (Phi) is 1.84. The molecule has 1 aromatic rings. The lowest BCUT2D eigenvalue weighted by Crippen LogP contribution is -1.95. The van der Waals surface area contributed by atoms with Gasteiger partial charge in [0.05, 0.1) is 0 Å². The number of para-hydroxylation sites is 1. The van der Waals surface area contributed by atoms with Crippen LogP contribution in [-0.4, -0.2) is 0 Å². The summed E-state index contributed by atoms with van der Waals surface area (Å²) in [6, 6.07) is 7.73. The van der Waals surface area contributed by atoms with Gasteiger partial charge in [0.15, 0.2) is 5.75 Å². The molecule has 2 rings (SSSR count). The van der Waals surface area contributed by atoms with Gasteiger partial charge in [-0.25, -0.2) is 0 Å². The molecule has 0 aromatic heterocycles. The second kappa shape index (κ2) is 2.99. The van der Waals surface area contributed by atoms with Crippen LogP contribution in [0.5, 0.6) is 5.75 Å². The van der Waals surface area contributed by atoms with Crippen LogP contribution in [-0.2, 0) is 4.89 Å². The van der Waals surface area contributed by atoms with Crippen molar-refractivity contribution >= 4 is 0 Å². The molecule has 2 nitrogen and oxygen atoms in total. The van der Waals surface area contributed by atoms with E-state index in [1.807, 2.05) is 30.7 Å². The van der Waals surface area contributed by atoms with Gasteiger partial charge in [-0.05, 0) is 6.07 Å². The smallest absolute Gasteiger partial charge is 0.171 e. The highest BCUT2D eigenvalue weighted by atomic mass is 17.2. The summed E-state index contributed by atoms with van der Waals surface area (Å²) in [5, 5.41) is 0. The maximum absolute atomic E-state index is 5.04. The van der Waals surface area contributed by atoms with Crippen LogP contribution in [0, 0.1) is 6.42 Å². The van der Waals surface area contributed by atoms with Crippen molar-refractivity contribution in [3.8, 4) is 5.75 Å². The molecule has 1 aliphatic heterocycles. The predicted octanol–water partition coefficient (Wildman–Crippen LogP) is 2.44. The van der Waals surface area contributed by atoms with E-state index < -0.39 is 0 Å². The molecule has 0 fully saturated rings. The molecular formula is C10H9O2. The Balaban J connectivity index is 2.29. The van der Waals surface area contributed by atoms with Gasteiger partial charge in [-0.3, -0.25) is 0 Å². The monoisotopic (exact) mass is 161 g/mol. The molecule has 0 saturated heterocycles. The third-order valence-electron chi connectivity index (χ3n) is 1.78. The molecule has 1 atom stereocenters. The van der Waals surface area contributed by atoms with E-state index in [2.05, 4.69) is 6.58 Å². The highest BCUT2D eigenvalue weighted by Crippen LogP contribution is 2.35. The highest BCUT2D eigenvalue weighted by molar-refractivity contribution is 5.38. The molecule has 0 bridgehead atoms. The van der Waals surface area contributed by atoms with Gasteiger partial charge in [0.1, 0.15) is 6.10 Å². The molecule has 0 saturated carbocycles. The molecule has 1 heterocycles. The molecule has 61 valence electrons. The Morgan fingerprint density at radius 3 is 3.00 bits per heavy atom. The first-order valence-electron chi connectivity index (χ1n) is 3.80. The zero-order chi connectivity index (χ0) is 8.39. The first kappa shape index (κ1) is 7.37. The quantitative estimate of drug-likeness (QED) is 0.620. The summed E-state index contributed by atoms with van der Waals surface area (Å²) in [5.74, 6) is 0.792. The van der Waals surface area contributed by atoms with Gasteiger partial charge >= 0.3 is 0 Å². The average molecular weight is 161 g/mol. The van der Waals surface area contributed by atoms with Crippen molar-refractivity contribution in [3.63, 3.8) is 0 Å². The van der Waals surface area contributed by atoms with Crippen molar-refractivity contribution in [2.75, 3.05) is 0 Å². The van der Waals surface area contributed by atoms with E-state index in [-0.39, 0.29) is 6.10 Å². The lowest BCUT2D eigenvalue weighted by molar-refractivity contribution is -0.213. The van der Waals surface area contributed by atoms with Crippen molar-refractivity contribution < 1.29 is 9.78 Å². The van der Waals surface area contributed by atoms with E-state index in [0.29, 0.717) is 0 Å². The van der Waals surface area contributed by atoms with E-state index in [0.717, 1.165) is 11.3 Å². The van der Waals surface area contributed by atoms with Crippen LogP contribution in [0.25, 0.3) is 0 Å². The van der Waals surface area contributed by atoms with E-state index in [9.17, 15) is 0 Å². The standard InChI is InChI=1S/C10H9O2/c1-2-5-9-8-6-3-4-7-10(8)12-11-9/h2-7,9H,1H2. The summed E-state index contributed by atoms with van der Waals surface area (Å²) in [6.07, 6.45) is 3.46. The first-order chi connectivity index (χ1) is 5.92. The van der Waals surface area contributed by atoms with Crippen molar-refractivity contribution in [2.24, 2.45) is 0 Å². The molecular weight excluding hydrogens is 152 g/mol. The summed E-state index contributed by atoms with van der Waals surface area (Å²) in [5.41, 5.74) is 1.05. The van der Waals surface area contributed by atoms with E-state index >= 15 is 0 Å². The Hall–Kier alpha value is -1.28. The van der Waals surface area contributed by atoms with Crippen molar-refractivity contribution in [1.29, 1.82) is 0 Å². The minimum Gasteiger partial charge on any atom is -0.337 e. The topological polar surface area (TPSA) is 18.5 Å². The Bertz CT molecular complexity index is 294. The molecule has 0 amide bonds. The predicted molar refractivity (Wildman–Crippen MR) is 45.4 cm³/mol. The Labute approximate surface area is 71.4 Å². The molecule has 0 spiro atoms. The number of rotatable bonds is 2. The van der Waals surface area contributed by atoms with Crippen molar-refractivity contribution in [2.45, 2.75) is 6.10 Å². The highest BCUT2D eigenvalue weighted by Gasteiger charge is 2.24. The van der Waals surface area contributed by atoms with Crippen LogP contribution in [0.15, 0.2) is 36.9 Å². The van der Waals surface area contributed by atoms with Gasteiger partial charge in [-0.1, -0.05) is 24.3 Å². The number of fused-ring (bicyclic) bond motifs is 1. The summed E-state index contributed by atoms with van der Waals surface area (Å²) >= 11 is 0. The van der Waals surface area contributed by atoms with Crippen molar-refractivity contribution in [1.82, 2.24) is 0 Å². The number of hydrogen-bond acceptors (Lipinski definition) is 2. The lowest BCUT2D eigenvalue weighted by atomic mass is 10.1. The Morgan fingerprint density at radius 1 is 1.33 bits per heavy atom. The van der Waals surface area contributed by atoms with E-state index in [4.69, 9.17) is 9.78 Å². The third-order valence-corrected chi connectivity index (χ3v) is 1.78.